The Morgan fingerprint density at radius 1 is 1.33 bits per heavy atom. The fourth-order valence-corrected chi connectivity index (χ4v) is 1.78. The highest BCUT2D eigenvalue weighted by Gasteiger charge is 2.15. The van der Waals surface area contributed by atoms with E-state index >= 15 is 0 Å². The van der Waals surface area contributed by atoms with E-state index in [2.05, 4.69) is 43.0 Å². The minimum absolute atomic E-state index is 0.204. The third kappa shape index (κ3) is 2.81. The highest BCUT2D eigenvalue weighted by Crippen LogP contribution is 2.25. The topological polar surface area (TPSA) is 27.0 Å². The number of nitrogens with zero attached hydrogens (tertiary/aromatic N) is 2. The molecule has 15 heavy (non-hydrogen) atoms. The minimum Gasteiger partial charge on any atom is -0.301 e. The van der Waals surface area contributed by atoms with Crippen LogP contribution in [0, 0.1) is 25.2 Å². The van der Waals surface area contributed by atoms with E-state index in [4.69, 9.17) is 5.26 Å². The lowest BCUT2D eigenvalue weighted by Crippen LogP contribution is -2.20. The Morgan fingerprint density at radius 2 is 2.00 bits per heavy atom. The summed E-state index contributed by atoms with van der Waals surface area (Å²) in [7, 11) is 4.04. The number of rotatable bonds is 3. The molecule has 1 atom stereocenters. The maximum absolute atomic E-state index is 8.83. The number of hydrogen-bond acceptors (Lipinski definition) is 2. The molecule has 0 aliphatic heterocycles. The van der Waals surface area contributed by atoms with Gasteiger partial charge in [0.1, 0.15) is 0 Å². The van der Waals surface area contributed by atoms with Crippen LogP contribution >= 0.6 is 0 Å². The Bertz CT molecular complexity index is 375. The van der Waals surface area contributed by atoms with Crippen molar-refractivity contribution in [2.75, 3.05) is 14.1 Å². The third-order valence-corrected chi connectivity index (χ3v) is 2.70. The number of hydrogen-bond donors (Lipinski definition) is 0. The molecular formula is C13H18N2. The molecule has 0 heterocycles. The van der Waals surface area contributed by atoms with Crippen molar-refractivity contribution in [2.45, 2.75) is 26.3 Å². The van der Waals surface area contributed by atoms with Crippen molar-refractivity contribution in [1.82, 2.24) is 4.90 Å². The average molecular weight is 202 g/mol. The largest absolute Gasteiger partial charge is 0.301 e. The molecule has 0 spiro atoms. The predicted octanol–water partition coefficient (Wildman–Crippen LogP) is 2.82. The Kier molecular flexibility index (Phi) is 3.88. The zero-order valence-corrected chi connectivity index (χ0v) is 9.91. The standard InChI is InChI=1S/C13H18N2/c1-10-5-6-11(2)12(9-10)13(7-8-14)15(3)4/h5-6,9,13H,7H2,1-4H3. The van der Waals surface area contributed by atoms with Crippen LogP contribution < -0.4 is 0 Å². The third-order valence-electron chi connectivity index (χ3n) is 2.70. The number of benzene rings is 1. The summed E-state index contributed by atoms with van der Waals surface area (Å²) in [6.07, 6.45) is 0.539. The molecule has 0 aliphatic rings. The Morgan fingerprint density at radius 3 is 2.53 bits per heavy atom. The van der Waals surface area contributed by atoms with Crippen molar-refractivity contribution in [3.63, 3.8) is 0 Å². The van der Waals surface area contributed by atoms with Crippen molar-refractivity contribution >= 4 is 0 Å². The van der Waals surface area contributed by atoms with Crippen LogP contribution in [-0.4, -0.2) is 19.0 Å². The van der Waals surface area contributed by atoms with E-state index in [0.717, 1.165) is 0 Å². The van der Waals surface area contributed by atoms with Gasteiger partial charge in [-0.3, -0.25) is 0 Å². The van der Waals surface area contributed by atoms with Gasteiger partial charge in [0.15, 0.2) is 0 Å². The molecule has 1 rings (SSSR count). The van der Waals surface area contributed by atoms with Crippen LogP contribution in [0.2, 0.25) is 0 Å². The minimum atomic E-state index is 0.204. The molecule has 0 saturated heterocycles. The second-order valence-corrected chi connectivity index (χ2v) is 4.20. The van der Waals surface area contributed by atoms with E-state index in [9.17, 15) is 0 Å². The molecule has 2 heteroatoms. The second-order valence-electron chi connectivity index (χ2n) is 4.20. The first-order chi connectivity index (χ1) is 7.06. The summed E-state index contributed by atoms with van der Waals surface area (Å²) in [5.41, 5.74) is 3.77. The maximum atomic E-state index is 8.83. The van der Waals surface area contributed by atoms with Gasteiger partial charge < -0.3 is 4.90 Å². The van der Waals surface area contributed by atoms with E-state index in [1.807, 2.05) is 14.1 Å². The van der Waals surface area contributed by atoms with E-state index < -0.39 is 0 Å². The van der Waals surface area contributed by atoms with E-state index in [1.165, 1.54) is 16.7 Å². The average Bonchev–Trinajstić information content (AvgIpc) is 2.18. The van der Waals surface area contributed by atoms with Gasteiger partial charge in [0.05, 0.1) is 12.5 Å². The van der Waals surface area contributed by atoms with Crippen LogP contribution in [0.25, 0.3) is 0 Å². The molecule has 1 unspecified atom stereocenters. The Balaban J connectivity index is 3.11. The summed E-state index contributed by atoms with van der Waals surface area (Å²) >= 11 is 0. The summed E-state index contributed by atoms with van der Waals surface area (Å²) in [6, 6.07) is 8.87. The maximum Gasteiger partial charge on any atom is 0.0641 e. The van der Waals surface area contributed by atoms with Gasteiger partial charge in [-0.05, 0) is 39.1 Å². The molecular weight excluding hydrogens is 184 g/mol. The predicted molar refractivity (Wildman–Crippen MR) is 62.6 cm³/mol. The summed E-state index contributed by atoms with van der Waals surface area (Å²) in [4.78, 5) is 2.10. The smallest absolute Gasteiger partial charge is 0.0641 e. The van der Waals surface area contributed by atoms with Crippen LogP contribution in [0.3, 0.4) is 0 Å². The van der Waals surface area contributed by atoms with Gasteiger partial charge in [-0.2, -0.15) is 5.26 Å². The molecule has 0 fully saturated rings. The summed E-state index contributed by atoms with van der Waals surface area (Å²) < 4.78 is 0. The van der Waals surface area contributed by atoms with Crippen LogP contribution in [0.15, 0.2) is 18.2 Å². The molecule has 0 aromatic heterocycles. The molecule has 0 radical (unpaired) electrons. The first-order valence-corrected chi connectivity index (χ1v) is 5.16. The van der Waals surface area contributed by atoms with Crippen molar-refractivity contribution in [3.8, 4) is 6.07 Å². The quantitative estimate of drug-likeness (QED) is 0.753. The lowest BCUT2D eigenvalue weighted by Gasteiger charge is -2.24. The van der Waals surface area contributed by atoms with Crippen LogP contribution in [0.4, 0.5) is 0 Å². The van der Waals surface area contributed by atoms with Crippen LogP contribution in [0.5, 0.6) is 0 Å². The monoisotopic (exact) mass is 202 g/mol. The van der Waals surface area contributed by atoms with Crippen molar-refractivity contribution in [2.24, 2.45) is 0 Å². The van der Waals surface area contributed by atoms with Crippen LogP contribution in [0.1, 0.15) is 29.2 Å². The highest BCUT2D eigenvalue weighted by molar-refractivity contribution is 5.33. The zero-order valence-electron chi connectivity index (χ0n) is 9.91. The van der Waals surface area contributed by atoms with Gasteiger partial charge in [-0.15, -0.1) is 0 Å². The highest BCUT2D eigenvalue weighted by atomic mass is 15.1. The second kappa shape index (κ2) is 4.95. The molecule has 0 bridgehead atoms. The van der Waals surface area contributed by atoms with Crippen LogP contribution in [-0.2, 0) is 0 Å². The fourth-order valence-electron chi connectivity index (χ4n) is 1.78. The van der Waals surface area contributed by atoms with Crippen molar-refractivity contribution in [1.29, 1.82) is 5.26 Å². The molecule has 2 nitrogen and oxygen atoms in total. The summed E-state index contributed by atoms with van der Waals surface area (Å²) in [6.45, 7) is 4.19. The van der Waals surface area contributed by atoms with E-state index in [0.29, 0.717) is 6.42 Å². The lowest BCUT2D eigenvalue weighted by atomic mass is 9.96. The lowest BCUT2D eigenvalue weighted by molar-refractivity contribution is 0.302. The first kappa shape index (κ1) is 11.7. The first-order valence-electron chi connectivity index (χ1n) is 5.16. The fraction of sp³-hybridized carbons (Fsp3) is 0.462. The van der Waals surface area contributed by atoms with Gasteiger partial charge >= 0.3 is 0 Å². The van der Waals surface area contributed by atoms with Gasteiger partial charge in [-0.1, -0.05) is 23.8 Å². The number of nitriles is 1. The van der Waals surface area contributed by atoms with Crippen molar-refractivity contribution < 1.29 is 0 Å². The summed E-state index contributed by atoms with van der Waals surface area (Å²) in [5, 5.41) is 8.83. The molecule has 1 aromatic rings. The summed E-state index contributed by atoms with van der Waals surface area (Å²) in [5.74, 6) is 0. The molecule has 0 N–H and O–H groups in total. The van der Waals surface area contributed by atoms with E-state index in [1.54, 1.807) is 0 Å². The van der Waals surface area contributed by atoms with Gasteiger partial charge in [0.2, 0.25) is 0 Å². The zero-order chi connectivity index (χ0) is 11.4. The van der Waals surface area contributed by atoms with Gasteiger partial charge in [0, 0.05) is 6.04 Å². The molecule has 0 aliphatic carbocycles. The van der Waals surface area contributed by atoms with Crippen molar-refractivity contribution in [3.05, 3.63) is 34.9 Å². The van der Waals surface area contributed by atoms with E-state index in [-0.39, 0.29) is 6.04 Å². The Labute approximate surface area is 92.1 Å². The molecule has 80 valence electrons. The number of aryl methyl sites for hydroxylation is 2. The molecule has 0 amide bonds. The van der Waals surface area contributed by atoms with Gasteiger partial charge in [0.25, 0.3) is 0 Å². The van der Waals surface area contributed by atoms with Gasteiger partial charge in [-0.25, -0.2) is 0 Å². The molecule has 1 aromatic carbocycles. The SMILES string of the molecule is Cc1ccc(C)c(C(CC#N)N(C)C)c1. The molecule has 0 saturated carbocycles. The normalized spacial score (nSPS) is 12.5. The Hall–Kier alpha value is -1.33.